The van der Waals surface area contributed by atoms with Crippen LogP contribution in [0.2, 0.25) is 0 Å². The van der Waals surface area contributed by atoms with Gasteiger partial charge in [0.2, 0.25) is 15.9 Å². The van der Waals surface area contributed by atoms with Crippen LogP contribution in [0.3, 0.4) is 0 Å². The molecule has 2 heterocycles. The van der Waals surface area contributed by atoms with E-state index in [1.165, 1.54) is 17.5 Å². The van der Waals surface area contributed by atoms with Crippen LogP contribution in [0, 0.1) is 0 Å². The quantitative estimate of drug-likeness (QED) is 0.609. The van der Waals surface area contributed by atoms with E-state index in [2.05, 4.69) is 10.1 Å². The van der Waals surface area contributed by atoms with Gasteiger partial charge in [0, 0.05) is 12.6 Å². The van der Waals surface area contributed by atoms with Crippen LogP contribution in [-0.4, -0.2) is 39.7 Å². The summed E-state index contributed by atoms with van der Waals surface area (Å²) in [5, 5.41) is 3.22. The Hall–Kier alpha value is -2.65. The molecule has 1 amide bonds. The normalized spacial score (nSPS) is 15.8. The molecule has 0 radical (unpaired) electrons. The number of rotatable bonds is 5. The lowest BCUT2D eigenvalue weighted by Gasteiger charge is -2.16. The molecule has 0 saturated carbocycles. The summed E-state index contributed by atoms with van der Waals surface area (Å²) in [6, 6.07) is 10.2. The van der Waals surface area contributed by atoms with E-state index in [9.17, 15) is 18.0 Å². The van der Waals surface area contributed by atoms with Crippen LogP contribution in [0.1, 0.15) is 21.7 Å². The molecule has 0 spiro atoms. The lowest BCUT2D eigenvalue weighted by atomic mass is 10.2. The maximum absolute atomic E-state index is 12.0. The molecule has 0 unspecified atom stereocenters. The molecule has 1 aromatic carbocycles. The smallest absolute Gasteiger partial charge is 0.348 e. The Balaban J connectivity index is 1.61. The van der Waals surface area contributed by atoms with Gasteiger partial charge in [-0.15, -0.1) is 11.3 Å². The number of methoxy groups -OCH3 is 1. The minimum Gasteiger partial charge on any atom is -0.465 e. The summed E-state index contributed by atoms with van der Waals surface area (Å²) < 4.78 is 29.9. The van der Waals surface area contributed by atoms with Crippen molar-refractivity contribution in [2.24, 2.45) is 0 Å². The van der Waals surface area contributed by atoms with Crippen molar-refractivity contribution in [1.29, 1.82) is 0 Å². The van der Waals surface area contributed by atoms with Crippen LogP contribution >= 0.6 is 11.3 Å². The van der Waals surface area contributed by atoms with Crippen molar-refractivity contribution >= 4 is 50.0 Å². The first kappa shape index (κ1) is 19.1. The minimum absolute atomic E-state index is 0.176. The first-order valence-electron chi connectivity index (χ1n) is 8.17. The molecule has 9 heteroatoms. The summed E-state index contributed by atoms with van der Waals surface area (Å²) in [4.78, 5) is 23.8. The third kappa shape index (κ3) is 4.55. The number of esters is 1. The third-order valence-corrected chi connectivity index (χ3v) is 6.80. The van der Waals surface area contributed by atoms with Crippen LogP contribution in [0.5, 0.6) is 0 Å². The SMILES string of the molecule is COC(=O)c1ccc(NC(=O)C=Cc2ccc(N3CCCS3(=O)=O)cc2)s1. The van der Waals surface area contributed by atoms with E-state index in [0.717, 1.165) is 16.9 Å². The number of carbonyl (C=O) groups excluding carboxylic acids is 2. The van der Waals surface area contributed by atoms with Gasteiger partial charge in [0.15, 0.2) is 0 Å². The van der Waals surface area contributed by atoms with Crippen LogP contribution in [-0.2, 0) is 19.6 Å². The second-order valence-corrected chi connectivity index (χ2v) is 8.91. The molecule has 7 nitrogen and oxygen atoms in total. The highest BCUT2D eigenvalue weighted by atomic mass is 32.2. The first-order chi connectivity index (χ1) is 12.9. The highest BCUT2D eigenvalue weighted by molar-refractivity contribution is 7.93. The van der Waals surface area contributed by atoms with E-state index in [1.54, 1.807) is 42.5 Å². The van der Waals surface area contributed by atoms with E-state index in [4.69, 9.17) is 0 Å². The number of carbonyl (C=O) groups is 2. The zero-order chi connectivity index (χ0) is 19.4. The Labute approximate surface area is 161 Å². The molecule has 1 aliphatic rings. The van der Waals surface area contributed by atoms with Crippen LogP contribution in [0.4, 0.5) is 10.7 Å². The molecule has 2 aromatic rings. The largest absolute Gasteiger partial charge is 0.465 e. The zero-order valence-corrected chi connectivity index (χ0v) is 16.2. The maximum Gasteiger partial charge on any atom is 0.348 e. The number of thiophene rings is 1. The van der Waals surface area contributed by atoms with E-state index in [1.807, 2.05) is 0 Å². The summed E-state index contributed by atoms with van der Waals surface area (Å²) in [6.07, 6.45) is 3.64. The van der Waals surface area contributed by atoms with Gasteiger partial charge in [-0.25, -0.2) is 13.2 Å². The van der Waals surface area contributed by atoms with Crippen LogP contribution in [0.25, 0.3) is 6.08 Å². The summed E-state index contributed by atoms with van der Waals surface area (Å²) in [5.41, 5.74) is 1.40. The number of hydrogen-bond acceptors (Lipinski definition) is 6. The molecule has 0 bridgehead atoms. The number of benzene rings is 1. The van der Waals surface area contributed by atoms with Crippen molar-refractivity contribution in [3.05, 3.63) is 52.9 Å². The molecule has 27 heavy (non-hydrogen) atoms. The van der Waals surface area contributed by atoms with E-state index in [-0.39, 0.29) is 11.7 Å². The van der Waals surface area contributed by atoms with Gasteiger partial charge in [0.1, 0.15) is 4.88 Å². The number of ether oxygens (including phenoxy) is 1. The van der Waals surface area contributed by atoms with Gasteiger partial charge >= 0.3 is 5.97 Å². The Morgan fingerprint density at radius 1 is 1.19 bits per heavy atom. The molecular formula is C18H18N2O5S2. The molecule has 142 valence electrons. The fourth-order valence-corrected chi connectivity index (χ4v) is 5.02. The Kier molecular flexibility index (Phi) is 5.62. The van der Waals surface area contributed by atoms with Gasteiger partial charge in [-0.05, 0) is 42.3 Å². The van der Waals surface area contributed by atoms with Crippen molar-refractivity contribution in [2.75, 3.05) is 29.0 Å². The second kappa shape index (κ2) is 7.93. The van der Waals surface area contributed by atoms with Gasteiger partial charge in [-0.3, -0.25) is 9.10 Å². The van der Waals surface area contributed by atoms with Gasteiger partial charge in [0.25, 0.3) is 0 Å². The van der Waals surface area contributed by atoms with Crippen molar-refractivity contribution in [1.82, 2.24) is 0 Å². The number of sulfonamides is 1. The van der Waals surface area contributed by atoms with E-state index < -0.39 is 16.0 Å². The van der Waals surface area contributed by atoms with E-state index in [0.29, 0.717) is 28.5 Å². The van der Waals surface area contributed by atoms with Gasteiger partial charge in [-0.2, -0.15) is 0 Å². The Morgan fingerprint density at radius 2 is 1.93 bits per heavy atom. The monoisotopic (exact) mass is 406 g/mol. The lowest BCUT2D eigenvalue weighted by Crippen LogP contribution is -2.24. The molecule has 1 N–H and O–H groups in total. The predicted octanol–water partition coefficient (Wildman–Crippen LogP) is 2.73. The van der Waals surface area contributed by atoms with Gasteiger partial charge in [-0.1, -0.05) is 12.1 Å². The maximum atomic E-state index is 12.0. The number of hydrogen-bond donors (Lipinski definition) is 1. The first-order valence-corrected chi connectivity index (χ1v) is 10.6. The fourth-order valence-electron chi connectivity index (χ4n) is 2.63. The predicted molar refractivity (Wildman–Crippen MR) is 106 cm³/mol. The summed E-state index contributed by atoms with van der Waals surface area (Å²) >= 11 is 1.13. The molecule has 1 fully saturated rings. The molecule has 1 aromatic heterocycles. The Bertz CT molecular complexity index is 977. The minimum atomic E-state index is -3.20. The van der Waals surface area contributed by atoms with E-state index >= 15 is 0 Å². The number of anilines is 2. The number of amides is 1. The lowest BCUT2D eigenvalue weighted by molar-refractivity contribution is -0.111. The number of nitrogens with one attached hydrogen (secondary N) is 1. The highest BCUT2D eigenvalue weighted by Crippen LogP contribution is 2.25. The standard InChI is InChI=1S/C18H18N2O5S2/c1-25-18(22)15-8-10-17(26-15)19-16(21)9-5-13-3-6-14(7-4-13)20-11-2-12-27(20,23)24/h3-10H,2,11-12H2,1H3,(H,19,21). The summed E-state index contributed by atoms with van der Waals surface area (Å²) in [7, 11) is -1.90. The van der Waals surface area contributed by atoms with Crippen molar-refractivity contribution in [3.8, 4) is 0 Å². The molecule has 3 rings (SSSR count). The fraction of sp³-hybridized carbons (Fsp3) is 0.222. The summed E-state index contributed by atoms with van der Waals surface area (Å²) in [6.45, 7) is 0.494. The third-order valence-electron chi connectivity index (χ3n) is 3.95. The topological polar surface area (TPSA) is 92.8 Å². The van der Waals surface area contributed by atoms with Crippen molar-refractivity contribution in [2.45, 2.75) is 6.42 Å². The average Bonchev–Trinajstić information content (AvgIpc) is 3.25. The second-order valence-electron chi connectivity index (χ2n) is 5.81. The zero-order valence-electron chi connectivity index (χ0n) is 14.5. The molecule has 1 aliphatic heterocycles. The Morgan fingerprint density at radius 3 is 2.56 bits per heavy atom. The molecular weight excluding hydrogens is 388 g/mol. The average molecular weight is 406 g/mol. The van der Waals surface area contributed by atoms with Crippen LogP contribution in [0.15, 0.2) is 42.5 Å². The number of nitrogens with zero attached hydrogens (tertiary/aromatic N) is 1. The van der Waals surface area contributed by atoms with Crippen LogP contribution < -0.4 is 9.62 Å². The summed E-state index contributed by atoms with van der Waals surface area (Å²) in [5.74, 6) is -0.606. The van der Waals surface area contributed by atoms with Gasteiger partial charge in [0.05, 0.1) is 23.6 Å². The molecule has 1 saturated heterocycles. The van der Waals surface area contributed by atoms with Crippen molar-refractivity contribution in [3.63, 3.8) is 0 Å². The van der Waals surface area contributed by atoms with Gasteiger partial charge < -0.3 is 10.1 Å². The molecule has 0 atom stereocenters. The highest BCUT2D eigenvalue weighted by Gasteiger charge is 2.28. The van der Waals surface area contributed by atoms with Crippen molar-refractivity contribution < 1.29 is 22.7 Å². The molecule has 0 aliphatic carbocycles.